The molecule has 0 spiro atoms. The molecule has 1 aliphatic rings. The highest BCUT2D eigenvalue weighted by Crippen LogP contribution is 2.42. The van der Waals surface area contributed by atoms with Crippen LogP contribution < -0.4 is 9.92 Å². The van der Waals surface area contributed by atoms with Gasteiger partial charge in [0.05, 0.1) is 11.3 Å². The molecule has 2 aromatic carbocycles. The van der Waals surface area contributed by atoms with Crippen LogP contribution in [0.4, 0.5) is 4.39 Å². The summed E-state index contributed by atoms with van der Waals surface area (Å²) in [6, 6.07) is 11.5. The molecule has 1 aliphatic heterocycles. The molecule has 1 aromatic heterocycles. The Morgan fingerprint density at radius 1 is 1.09 bits per heavy atom. The van der Waals surface area contributed by atoms with Gasteiger partial charge in [0, 0.05) is 30.6 Å². The molecule has 12 heteroatoms. The van der Waals surface area contributed by atoms with Crippen LogP contribution in [0.15, 0.2) is 65.9 Å². The number of pyridine rings is 1. The van der Waals surface area contributed by atoms with Gasteiger partial charge in [0.2, 0.25) is 0 Å². The Hall–Kier alpha value is -3.21. The van der Waals surface area contributed by atoms with Gasteiger partial charge in [-0.1, -0.05) is 29.8 Å². The van der Waals surface area contributed by atoms with Crippen molar-refractivity contribution in [2.24, 2.45) is 10.7 Å². The van der Waals surface area contributed by atoms with Gasteiger partial charge in [-0.2, -0.15) is 8.42 Å². The number of hydrogen-bond donors (Lipinski definition) is 1. The highest BCUT2D eigenvalue weighted by molar-refractivity contribution is 7.86. The number of nitrogens with two attached hydrogens (primary N) is 1. The van der Waals surface area contributed by atoms with Gasteiger partial charge in [0.1, 0.15) is 11.6 Å². The van der Waals surface area contributed by atoms with Crippen molar-refractivity contribution in [2.45, 2.75) is 5.54 Å². The highest BCUT2D eigenvalue weighted by atomic mass is 35.5. The Bertz CT molecular complexity index is 1400. The predicted octanol–water partition coefficient (Wildman–Crippen LogP) is 3.33. The third-order valence-electron chi connectivity index (χ3n) is 5.20. The van der Waals surface area contributed by atoms with Gasteiger partial charge in [0.15, 0.2) is 11.5 Å². The minimum atomic E-state index is -3.73. The first-order valence-corrected chi connectivity index (χ1v) is 11.8. The number of hydrogen-bond acceptors (Lipinski definition) is 7. The van der Waals surface area contributed by atoms with E-state index in [9.17, 15) is 17.6 Å². The van der Waals surface area contributed by atoms with E-state index >= 15 is 0 Å². The fourth-order valence-corrected chi connectivity index (χ4v) is 4.31. The Balaban J connectivity index is 0.00000324. The molecular weight excluding hydrogens is 506 g/mol. The van der Waals surface area contributed by atoms with Crippen molar-refractivity contribution in [3.8, 4) is 16.9 Å². The molecule has 1 unspecified atom stereocenters. The lowest BCUT2D eigenvalue weighted by Gasteiger charge is -2.27. The topological polar surface area (TPSA) is 115 Å². The number of rotatable bonds is 5. The molecule has 1 amide bonds. The van der Waals surface area contributed by atoms with Gasteiger partial charge in [-0.15, -0.1) is 12.4 Å². The number of carbonyl (C=O) groups is 1. The molecule has 1 atom stereocenters. The molecular formula is C22H19Cl2FN4O4S. The van der Waals surface area contributed by atoms with Crippen molar-refractivity contribution < 1.29 is 21.8 Å². The lowest BCUT2D eigenvalue weighted by atomic mass is 9.81. The van der Waals surface area contributed by atoms with E-state index in [0.717, 1.165) is 6.26 Å². The molecule has 4 rings (SSSR count). The molecule has 8 nitrogen and oxygen atoms in total. The molecule has 2 heterocycles. The summed E-state index contributed by atoms with van der Waals surface area (Å²) in [7, 11) is -2.25. The number of likely N-dealkylation sites (N-methyl/N-ethyl adjacent to an activating group) is 1. The lowest BCUT2D eigenvalue weighted by Crippen LogP contribution is -2.41. The Morgan fingerprint density at radius 3 is 2.29 bits per heavy atom. The standard InChI is InChI=1S/C22H18ClFN4O4S.ClH/c1-28-20(29)22(27-21(28)25,13-3-6-15(7-4-13)32-33(2,30)31)14-5-8-19(24)16(11-14)17-12-26-10-9-18(17)23;/h3-12H,1-2H3,(H2,25,27);1H. The average molecular weight is 525 g/mol. The number of halogens is 3. The molecule has 0 radical (unpaired) electrons. The van der Waals surface area contributed by atoms with E-state index in [1.807, 2.05) is 0 Å². The van der Waals surface area contributed by atoms with Crippen LogP contribution in [-0.4, -0.2) is 43.5 Å². The fourth-order valence-electron chi connectivity index (χ4n) is 3.64. The first-order chi connectivity index (χ1) is 15.5. The summed E-state index contributed by atoms with van der Waals surface area (Å²) in [6.45, 7) is 0. The monoisotopic (exact) mass is 524 g/mol. The largest absolute Gasteiger partial charge is 0.383 e. The van der Waals surface area contributed by atoms with Crippen LogP contribution in [-0.2, 0) is 20.5 Å². The molecule has 0 aliphatic carbocycles. The SMILES string of the molecule is CN1C(=O)C(c2ccc(OS(C)(=O)=O)cc2)(c2ccc(F)c(-c3cnccc3Cl)c2)N=C1N.Cl. The van der Waals surface area contributed by atoms with Gasteiger partial charge in [-0.3, -0.25) is 14.7 Å². The Kier molecular flexibility index (Phi) is 6.88. The van der Waals surface area contributed by atoms with Crippen molar-refractivity contribution >= 4 is 46.0 Å². The van der Waals surface area contributed by atoms with Crippen molar-refractivity contribution in [3.63, 3.8) is 0 Å². The van der Waals surface area contributed by atoms with E-state index in [4.69, 9.17) is 21.5 Å². The third-order valence-corrected chi connectivity index (χ3v) is 6.03. The number of carbonyl (C=O) groups excluding carboxylic acids is 1. The zero-order valence-corrected chi connectivity index (χ0v) is 20.3. The van der Waals surface area contributed by atoms with Crippen LogP contribution >= 0.6 is 24.0 Å². The Morgan fingerprint density at radius 2 is 1.74 bits per heavy atom. The second kappa shape index (κ2) is 9.21. The number of aliphatic imine (C=N–C) groups is 1. The second-order valence-electron chi connectivity index (χ2n) is 7.41. The maximum absolute atomic E-state index is 14.8. The van der Waals surface area contributed by atoms with Gasteiger partial charge in [-0.25, -0.2) is 9.38 Å². The number of benzene rings is 2. The van der Waals surface area contributed by atoms with Gasteiger partial charge < -0.3 is 9.92 Å². The summed E-state index contributed by atoms with van der Waals surface area (Å²) in [5.74, 6) is -0.987. The highest BCUT2D eigenvalue weighted by Gasteiger charge is 2.49. The molecule has 178 valence electrons. The number of guanidine groups is 1. The van der Waals surface area contributed by atoms with E-state index in [1.165, 1.54) is 72.9 Å². The number of amides is 1. The summed E-state index contributed by atoms with van der Waals surface area (Å²) < 4.78 is 42.5. The van der Waals surface area contributed by atoms with E-state index < -0.39 is 27.4 Å². The zero-order valence-electron chi connectivity index (χ0n) is 17.9. The smallest absolute Gasteiger partial charge is 0.306 e. The van der Waals surface area contributed by atoms with Crippen molar-refractivity contribution in [3.05, 3.63) is 82.9 Å². The zero-order chi connectivity index (χ0) is 24.0. The molecule has 2 N–H and O–H groups in total. The minimum Gasteiger partial charge on any atom is -0.383 e. The molecule has 0 fully saturated rings. The normalized spacial score (nSPS) is 17.8. The van der Waals surface area contributed by atoms with Crippen molar-refractivity contribution in [2.75, 3.05) is 13.3 Å². The van der Waals surface area contributed by atoms with E-state index in [0.29, 0.717) is 16.7 Å². The van der Waals surface area contributed by atoms with Crippen LogP contribution in [0, 0.1) is 5.82 Å². The van der Waals surface area contributed by atoms with Crippen LogP contribution in [0.1, 0.15) is 11.1 Å². The molecule has 0 saturated carbocycles. The summed E-state index contributed by atoms with van der Waals surface area (Å²) in [5.41, 5.74) is 5.57. The first-order valence-electron chi connectivity index (χ1n) is 9.56. The maximum atomic E-state index is 14.8. The van der Waals surface area contributed by atoms with Crippen LogP contribution in [0.5, 0.6) is 5.75 Å². The predicted molar refractivity (Wildman–Crippen MR) is 129 cm³/mol. The van der Waals surface area contributed by atoms with Crippen molar-refractivity contribution in [1.29, 1.82) is 0 Å². The lowest BCUT2D eigenvalue weighted by molar-refractivity contribution is -0.129. The summed E-state index contributed by atoms with van der Waals surface area (Å²) >= 11 is 6.25. The number of nitrogens with zero attached hydrogens (tertiary/aromatic N) is 3. The van der Waals surface area contributed by atoms with Gasteiger partial charge >= 0.3 is 10.1 Å². The third kappa shape index (κ3) is 4.44. The van der Waals surface area contributed by atoms with Crippen LogP contribution in [0.2, 0.25) is 5.02 Å². The van der Waals surface area contributed by atoms with Gasteiger partial charge in [-0.05, 0) is 41.5 Å². The van der Waals surface area contributed by atoms with Crippen LogP contribution in [0.25, 0.3) is 11.1 Å². The van der Waals surface area contributed by atoms with Gasteiger partial charge in [0.25, 0.3) is 5.91 Å². The quantitative estimate of drug-likeness (QED) is 0.511. The van der Waals surface area contributed by atoms with E-state index in [2.05, 4.69) is 9.98 Å². The second-order valence-corrected chi connectivity index (χ2v) is 9.39. The first kappa shape index (κ1) is 25.4. The van der Waals surface area contributed by atoms with Crippen LogP contribution in [0.3, 0.4) is 0 Å². The average Bonchev–Trinajstić information content (AvgIpc) is 2.99. The minimum absolute atomic E-state index is 0. The Labute approximate surface area is 206 Å². The van der Waals surface area contributed by atoms with E-state index in [-0.39, 0.29) is 34.7 Å². The fraction of sp³-hybridized carbons (Fsp3) is 0.136. The molecule has 34 heavy (non-hydrogen) atoms. The molecule has 3 aromatic rings. The van der Waals surface area contributed by atoms with E-state index in [1.54, 1.807) is 0 Å². The summed E-state index contributed by atoms with van der Waals surface area (Å²) in [5, 5.41) is 0.287. The summed E-state index contributed by atoms with van der Waals surface area (Å²) in [6.07, 6.45) is 3.83. The number of aromatic nitrogens is 1. The molecule has 0 saturated heterocycles. The summed E-state index contributed by atoms with van der Waals surface area (Å²) in [4.78, 5) is 23.1. The molecule has 0 bridgehead atoms. The maximum Gasteiger partial charge on any atom is 0.306 e. The van der Waals surface area contributed by atoms with Crippen molar-refractivity contribution in [1.82, 2.24) is 9.88 Å².